The van der Waals surface area contributed by atoms with Crippen LogP contribution in [0.5, 0.6) is 0 Å². The van der Waals surface area contributed by atoms with Gasteiger partial charge in [-0.1, -0.05) is 11.6 Å². The topological polar surface area (TPSA) is 42.7 Å². The van der Waals surface area contributed by atoms with Crippen LogP contribution in [0.25, 0.3) is 0 Å². The van der Waals surface area contributed by atoms with Gasteiger partial charge in [0.15, 0.2) is 0 Å². The van der Waals surface area contributed by atoms with Gasteiger partial charge < -0.3 is 9.80 Å². The fraction of sp³-hybridized carbons (Fsp3) is 0.550. The molecule has 138 valence electrons. The van der Waals surface area contributed by atoms with Gasteiger partial charge in [-0.2, -0.15) is 5.26 Å². The maximum atomic E-state index is 9.16. The molecular weight excluding hydrogens is 344 g/mol. The summed E-state index contributed by atoms with van der Waals surface area (Å²) < 4.78 is 0. The normalized spacial score (nSPS) is 30.8. The first-order valence-corrected chi connectivity index (χ1v) is 10.3. The van der Waals surface area contributed by atoms with Crippen LogP contribution in [0, 0.1) is 16.7 Å². The molecule has 1 spiro atoms. The van der Waals surface area contributed by atoms with Gasteiger partial charge in [-0.3, -0.25) is 9.90 Å². The summed E-state index contributed by atoms with van der Waals surface area (Å²) in [5, 5.41) is 13.6. The van der Waals surface area contributed by atoms with E-state index in [0.717, 1.165) is 51.3 Å². The summed E-state index contributed by atoms with van der Waals surface area (Å²) in [6, 6.07) is 2.24. The van der Waals surface area contributed by atoms with Gasteiger partial charge in [-0.05, 0) is 36.9 Å². The first kappa shape index (κ1) is 17.7. The molecule has 1 atom stereocenters. The van der Waals surface area contributed by atoms with Gasteiger partial charge in [0.2, 0.25) is 0 Å². The Hall–Kier alpha value is -1.68. The highest BCUT2D eigenvalue weighted by molar-refractivity contribution is 8.02. The summed E-state index contributed by atoms with van der Waals surface area (Å²) in [5.41, 5.74) is 5.20. The van der Waals surface area contributed by atoms with Crippen molar-refractivity contribution < 1.29 is 4.84 Å². The number of thioether (sulfide) groups is 1. The fourth-order valence-electron chi connectivity index (χ4n) is 4.53. The molecule has 4 rings (SSSR count). The number of hydrogen-bond donors (Lipinski definition) is 0. The van der Waals surface area contributed by atoms with Crippen molar-refractivity contribution >= 4 is 11.8 Å². The van der Waals surface area contributed by atoms with E-state index in [9.17, 15) is 0 Å². The van der Waals surface area contributed by atoms with Gasteiger partial charge in [0.25, 0.3) is 0 Å². The third-order valence-corrected chi connectivity index (χ3v) is 7.01. The van der Waals surface area contributed by atoms with Gasteiger partial charge in [-0.15, -0.1) is 11.8 Å². The highest BCUT2D eigenvalue weighted by Gasteiger charge is 2.49. The lowest BCUT2D eigenvalue weighted by molar-refractivity contribution is -0.103. The number of allylic oxidation sites excluding steroid dienone is 5. The standard InChI is InChI=1S/C20H26N4OS/c1-22-9-11-23(12-10-22)18-6-8-24(25-2)19-4-3-16(5-7-21)13-20(19)15-26-14-17(18)20/h4-6,14H,3,8-13,15H2,1-2H3/b16-5-. The Bertz CT molecular complexity index is 739. The SMILES string of the molecule is CON1CC=C(N2CCN(C)CC2)C2=CSCC23C/C(=C\C#N)CC=C13. The zero-order valence-corrected chi connectivity index (χ0v) is 16.4. The third kappa shape index (κ3) is 2.88. The molecule has 0 aromatic heterocycles. The number of hydrogen-bond acceptors (Lipinski definition) is 6. The first-order chi connectivity index (χ1) is 12.7. The van der Waals surface area contributed by atoms with E-state index >= 15 is 0 Å². The van der Waals surface area contributed by atoms with Crippen LogP contribution in [0.4, 0.5) is 0 Å². The van der Waals surface area contributed by atoms with Crippen LogP contribution in [0.15, 0.2) is 46.2 Å². The minimum atomic E-state index is -0.0761. The lowest BCUT2D eigenvalue weighted by Crippen LogP contribution is -2.45. The van der Waals surface area contributed by atoms with Crippen LogP contribution < -0.4 is 0 Å². The van der Waals surface area contributed by atoms with Crippen molar-refractivity contribution in [2.45, 2.75) is 12.8 Å². The monoisotopic (exact) mass is 370 g/mol. The molecule has 0 amide bonds. The number of rotatable bonds is 2. The van der Waals surface area contributed by atoms with Crippen LogP contribution in [0.1, 0.15) is 12.8 Å². The molecule has 0 N–H and O–H groups in total. The molecule has 1 unspecified atom stereocenters. The van der Waals surface area contributed by atoms with Crippen LogP contribution in [-0.2, 0) is 4.84 Å². The average Bonchev–Trinajstić information content (AvgIpc) is 2.99. The quantitative estimate of drug-likeness (QED) is 0.697. The number of hydroxylamine groups is 2. The molecule has 0 aromatic rings. The van der Waals surface area contributed by atoms with Crippen molar-refractivity contribution in [3.63, 3.8) is 0 Å². The highest BCUT2D eigenvalue weighted by atomic mass is 32.2. The minimum Gasteiger partial charge on any atom is -0.369 e. The Kier molecular flexibility index (Phi) is 4.87. The van der Waals surface area contributed by atoms with E-state index in [1.54, 1.807) is 13.2 Å². The summed E-state index contributed by atoms with van der Waals surface area (Å²) in [5.74, 6) is 1.02. The molecule has 0 bridgehead atoms. The predicted molar refractivity (Wildman–Crippen MR) is 105 cm³/mol. The zero-order valence-electron chi connectivity index (χ0n) is 15.6. The van der Waals surface area contributed by atoms with Crippen molar-refractivity contribution in [3.8, 4) is 6.07 Å². The first-order valence-electron chi connectivity index (χ1n) is 9.24. The number of nitrogens with zero attached hydrogens (tertiary/aromatic N) is 4. The van der Waals surface area contributed by atoms with Crippen LogP contribution >= 0.6 is 11.8 Å². The van der Waals surface area contributed by atoms with Crippen molar-refractivity contribution in [1.29, 1.82) is 5.26 Å². The largest absolute Gasteiger partial charge is 0.369 e. The van der Waals surface area contributed by atoms with Gasteiger partial charge in [0.05, 0.1) is 25.1 Å². The molecule has 26 heavy (non-hydrogen) atoms. The van der Waals surface area contributed by atoms with Crippen LogP contribution in [0.2, 0.25) is 0 Å². The van der Waals surface area contributed by atoms with Crippen LogP contribution in [0.3, 0.4) is 0 Å². The van der Waals surface area contributed by atoms with Crippen molar-refractivity contribution in [1.82, 2.24) is 14.9 Å². The molecule has 5 nitrogen and oxygen atoms in total. The smallest absolute Gasteiger partial charge is 0.0911 e. The fourth-order valence-corrected chi connectivity index (χ4v) is 5.82. The lowest BCUT2D eigenvalue weighted by atomic mass is 9.69. The molecular formula is C20H26N4OS. The Morgan fingerprint density at radius 1 is 1.27 bits per heavy atom. The molecule has 4 aliphatic rings. The molecule has 3 heterocycles. The summed E-state index contributed by atoms with van der Waals surface area (Å²) in [6.45, 7) is 5.09. The van der Waals surface area contributed by atoms with Crippen molar-refractivity contribution in [2.24, 2.45) is 5.41 Å². The van der Waals surface area contributed by atoms with Crippen LogP contribution in [-0.4, -0.2) is 67.5 Å². The van der Waals surface area contributed by atoms with Gasteiger partial charge >= 0.3 is 0 Å². The van der Waals surface area contributed by atoms with E-state index < -0.39 is 0 Å². The van der Waals surface area contributed by atoms with E-state index in [0.29, 0.717) is 0 Å². The van der Waals surface area contributed by atoms with E-state index in [2.05, 4.69) is 40.5 Å². The van der Waals surface area contributed by atoms with Gasteiger partial charge in [0.1, 0.15) is 0 Å². The van der Waals surface area contributed by atoms with Crippen molar-refractivity contribution in [3.05, 3.63) is 46.2 Å². The lowest BCUT2D eigenvalue weighted by Gasteiger charge is -2.43. The van der Waals surface area contributed by atoms with Gasteiger partial charge in [0, 0.05) is 49.4 Å². The highest BCUT2D eigenvalue weighted by Crippen LogP contribution is 2.56. The molecule has 0 radical (unpaired) electrons. The number of nitriles is 1. The van der Waals surface area contributed by atoms with E-state index in [1.165, 1.54) is 22.5 Å². The molecule has 6 heteroatoms. The number of piperazine rings is 1. The molecule has 1 saturated heterocycles. The second-order valence-electron chi connectivity index (χ2n) is 7.45. The zero-order chi connectivity index (χ0) is 18.1. The summed E-state index contributed by atoms with van der Waals surface area (Å²) in [4.78, 5) is 10.7. The molecule has 0 aromatic carbocycles. The average molecular weight is 371 g/mol. The van der Waals surface area contributed by atoms with E-state index in [1.807, 2.05) is 16.8 Å². The van der Waals surface area contributed by atoms with E-state index in [-0.39, 0.29) is 5.41 Å². The molecule has 3 aliphatic heterocycles. The summed E-state index contributed by atoms with van der Waals surface area (Å²) in [6.07, 6.45) is 8.10. The third-order valence-electron chi connectivity index (χ3n) is 5.95. The minimum absolute atomic E-state index is 0.0761. The predicted octanol–water partition coefficient (Wildman–Crippen LogP) is 2.74. The Morgan fingerprint density at radius 2 is 2.08 bits per heavy atom. The second-order valence-corrected chi connectivity index (χ2v) is 8.31. The van der Waals surface area contributed by atoms with Gasteiger partial charge in [-0.25, -0.2) is 0 Å². The van der Waals surface area contributed by atoms with Crippen molar-refractivity contribution in [2.75, 3.05) is 52.6 Å². The summed E-state index contributed by atoms with van der Waals surface area (Å²) in [7, 11) is 3.95. The molecule has 0 saturated carbocycles. The number of likely N-dealkylation sites (N-methyl/N-ethyl adjacent to an activating group) is 1. The maximum absolute atomic E-state index is 9.16. The molecule has 1 fully saturated rings. The Morgan fingerprint density at radius 3 is 2.81 bits per heavy atom. The Labute approximate surface area is 160 Å². The maximum Gasteiger partial charge on any atom is 0.0911 e. The summed E-state index contributed by atoms with van der Waals surface area (Å²) >= 11 is 1.89. The Balaban J connectivity index is 1.75. The molecule has 1 aliphatic carbocycles. The van der Waals surface area contributed by atoms with E-state index in [4.69, 9.17) is 10.1 Å². The second kappa shape index (κ2) is 7.15.